The van der Waals surface area contributed by atoms with Gasteiger partial charge in [-0.05, 0) is 127 Å². The summed E-state index contributed by atoms with van der Waals surface area (Å²) in [5, 5.41) is 0. The van der Waals surface area contributed by atoms with Crippen LogP contribution in [0.15, 0.2) is 36.4 Å². The highest BCUT2D eigenvalue weighted by atomic mass is 35.5. The van der Waals surface area contributed by atoms with Gasteiger partial charge in [0.15, 0.2) is 5.78 Å². The Hall–Kier alpha value is -3.34. The van der Waals surface area contributed by atoms with E-state index in [4.69, 9.17) is 20.9 Å². The highest BCUT2D eigenvalue weighted by Gasteiger charge is 2.49. The zero-order valence-electron chi connectivity index (χ0n) is 34.7. The number of ketones is 3. The summed E-state index contributed by atoms with van der Waals surface area (Å²) in [7, 11) is 3.28. The fourth-order valence-electron chi connectivity index (χ4n) is 11.1. The standard InChI is InChI=1S/C18H26N2O3.C18H23NO2.C10H17NO.ClH/c1-22-15-6-5-13(16(10-15)23-2)12-20-9-8-18(17(20)21)7-3-4-14(19)11-18;1-13-5-2-7-15(19-13)16(20)11-14-6-3-9-18(12-14)10-4-8-17(18)21;11-8-3-1-5-10(7-8)6-2-4-9(10)12;/h5-6,10,14H,3-4,7-9,11-12,19H2,1-2H3;2,5,7,14H,3-4,6,8-12H2,1H3;8H,1-7,11H2;1H/t14-,18-;14-,18+;8-,10-;/m010./s1. The topological polar surface area (TPSA) is 155 Å². The maximum absolute atomic E-state index is 13.0. The third-order valence-corrected chi connectivity index (χ3v) is 14.1. The number of likely N-dealkylation sites (tertiary alicyclic amines) is 1. The molecule has 6 aliphatic rings. The van der Waals surface area contributed by atoms with Gasteiger partial charge in [-0.2, -0.15) is 0 Å². The molecule has 1 aromatic carbocycles. The molecule has 314 valence electrons. The summed E-state index contributed by atoms with van der Waals surface area (Å²) in [4.78, 5) is 55.5. The van der Waals surface area contributed by atoms with E-state index >= 15 is 0 Å². The van der Waals surface area contributed by atoms with Crippen molar-refractivity contribution < 1.29 is 28.7 Å². The number of ether oxygens (including phenoxy) is 2. The minimum absolute atomic E-state index is 0. The van der Waals surface area contributed by atoms with Crippen LogP contribution >= 0.6 is 12.4 Å². The van der Waals surface area contributed by atoms with Crippen LogP contribution in [-0.2, 0) is 20.9 Å². The first kappa shape index (κ1) is 44.8. The van der Waals surface area contributed by atoms with Crippen LogP contribution in [0.2, 0.25) is 0 Å². The second-order valence-electron chi connectivity index (χ2n) is 18.0. The minimum atomic E-state index is -0.211. The maximum atomic E-state index is 13.0. The van der Waals surface area contributed by atoms with Crippen molar-refractivity contribution in [1.29, 1.82) is 0 Å². The van der Waals surface area contributed by atoms with E-state index in [1.807, 2.05) is 42.2 Å². The number of carbonyl (C=O) groups is 4. The van der Waals surface area contributed by atoms with Gasteiger partial charge in [-0.1, -0.05) is 25.3 Å². The van der Waals surface area contributed by atoms with E-state index < -0.39 is 0 Å². The highest BCUT2D eigenvalue weighted by Crippen LogP contribution is 2.50. The van der Waals surface area contributed by atoms with Crippen molar-refractivity contribution in [1.82, 2.24) is 9.88 Å². The van der Waals surface area contributed by atoms with E-state index in [1.165, 1.54) is 0 Å². The van der Waals surface area contributed by atoms with Gasteiger partial charge in [0, 0.05) is 72.6 Å². The Kier molecular flexibility index (Phi) is 15.4. The zero-order chi connectivity index (χ0) is 39.9. The summed E-state index contributed by atoms with van der Waals surface area (Å²) in [6.07, 6.45) is 19.7. The number of rotatable bonds is 7. The van der Waals surface area contributed by atoms with Crippen LogP contribution in [0, 0.1) is 29.1 Å². The smallest absolute Gasteiger partial charge is 0.229 e. The molecule has 2 heterocycles. The number of Topliss-reactive ketones (excluding diaryl/α,β-unsaturated/α-hetero) is 3. The number of amides is 1. The number of aromatic nitrogens is 1. The van der Waals surface area contributed by atoms with Crippen molar-refractivity contribution in [3.63, 3.8) is 0 Å². The zero-order valence-corrected chi connectivity index (χ0v) is 35.5. The van der Waals surface area contributed by atoms with Crippen LogP contribution in [0.4, 0.5) is 0 Å². The summed E-state index contributed by atoms with van der Waals surface area (Å²) in [5.41, 5.74) is 14.2. The van der Waals surface area contributed by atoms with Crippen LogP contribution in [0.3, 0.4) is 0 Å². The number of benzene rings is 1. The number of hydrogen-bond acceptors (Lipinski definition) is 9. The molecule has 4 N–H and O–H groups in total. The average molecular weight is 808 g/mol. The molecule has 1 saturated heterocycles. The fraction of sp³-hybridized carbons (Fsp3) is 0.674. The van der Waals surface area contributed by atoms with Gasteiger partial charge in [0.1, 0.15) is 28.8 Å². The molecule has 5 saturated carbocycles. The third kappa shape index (κ3) is 10.5. The third-order valence-electron chi connectivity index (χ3n) is 14.1. The fourth-order valence-corrected chi connectivity index (χ4v) is 11.1. The molecule has 0 radical (unpaired) electrons. The molecule has 6 fully saturated rings. The average Bonchev–Trinajstić information content (AvgIpc) is 3.81. The van der Waals surface area contributed by atoms with Crippen LogP contribution in [-0.4, -0.2) is 66.0 Å². The van der Waals surface area contributed by atoms with Crippen molar-refractivity contribution in [2.75, 3.05) is 20.8 Å². The molecule has 0 unspecified atom stereocenters. The predicted molar refractivity (Wildman–Crippen MR) is 225 cm³/mol. The monoisotopic (exact) mass is 806 g/mol. The molecular formula is C46H67ClN4O6. The predicted octanol–water partition coefficient (Wildman–Crippen LogP) is 8.27. The largest absolute Gasteiger partial charge is 0.497 e. The van der Waals surface area contributed by atoms with Crippen molar-refractivity contribution >= 4 is 35.7 Å². The van der Waals surface area contributed by atoms with Crippen LogP contribution in [0.5, 0.6) is 11.5 Å². The second kappa shape index (κ2) is 19.6. The molecule has 1 aromatic heterocycles. The first-order valence-corrected chi connectivity index (χ1v) is 21.4. The highest BCUT2D eigenvalue weighted by molar-refractivity contribution is 5.94. The summed E-state index contributed by atoms with van der Waals surface area (Å²) in [6.45, 7) is 3.30. The van der Waals surface area contributed by atoms with Gasteiger partial charge < -0.3 is 25.8 Å². The van der Waals surface area contributed by atoms with E-state index in [0.717, 1.165) is 151 Å². The molecule has 6 atom stereocenters. The summed E-state index contributed by atoms with van der Waals surface area (Å²) in [6, 6.07) is 11.8. The van der Waals surface area contributed by atoms with E-state index in [-0.39, 0.29) is 46.4 Å². The molecule has 8 rings (SSSR count). The molecule has 5 aliphatic carbocycles. The molecule has 57 heavy (non-hydrogen) atoms. The number of methoxy groups -OCH3 is 2. The van der Waals surface area contributed by atoms with Crippen LogP contribution in [0.25, 0.3) is 0 Å². The van der Waals surface area contributed by atoms with Gasteiger partial charge in [0.05, 0.1) is 19.6 Å². The Labute approximate surface area is 346 Å². The first-order valence-electron chi connectivity index (χ1n) is 21.4. The van der Waals surface area contributed by atoms with Gasteiger partial charge in [0.2, 0.25) is 5.91 Å². The minimum Gasteiger partial charge on any atom is -0.497 e. The Morgan fingerprint density at radius 2 is 1.37 bits per heavy atom. The number of aryl methyl sites for hydroxylation is 1. The summed E-state index contributed by atoms with van der Waals surface area (Å²) >= 11 is 0. The Balaban J connectivity index is 0.000000169. The van der Waals surface area contributed by atoms with Gasteiger partial charge in [-0.3, -0.25) is 24.2 Å². The van der Waals surface area contributed by atoms with E-state index in [9.17, 15) is 19.2 Å². The molecule has 11 heteroatoms. The maximum Gasteiger partial charge on any atom is 0.229 e. The summed E-state index contributed by atoms with van der Waals surface area (Å²) in [5.74, 6) is 3.23. The quantitative estimate of drug-likeness (QED) is 0.263. The number of halogens is 1. The van der Waals surface area contributed by atoms with Gasteiger partial charge in [0.25, 0.3) is 0 Å². The molecule has 3 spiro atoms. The van der Waals surface area contributed by atoms with Crippen LogP contribution < -0.4 is 20.9 Å². The lowest BCUT2D eigenvalue weighted by molar-refractivity contribution is -0.138. The van der Waals surface area contributed by atoms with Crippen LogP contribution in [0.1, 0.15) is 150 Å². The van der Waals surface area contributed by atoms with Crippen molar-refractivity contribution in [2.24, 2.45) is 33.6 Å². The number of nitrogens with two attached hydrogens (primary N) is 2. The second-order valence-corrected chi connectivity index (χ2v) is 18.0. The molecular weight excluding hydrogens is 740 g/mol. The normalized spacial score (nSPS) is 30.7. The molecule has 0 bridgehead atoms. The SMILES string of the molecule is COc1ccc(CN2CC[C@]3(CCC[C@H](N)C3)C2=O)c(OC)c1.Cc1cccc(C(=O)C[C@H]2CCC[C@]3(CCCC3=O)C2)n1.Cl.N[C@H]1CCC[C@]2(CCCC2=O)C1. The number of carbonyl (C=O) groups excluding carboxylic acids is 4. The molecule has 2 aromatic rings. The Bertz CT molecular complexity index is 1740. The number of nitrogens with zero attached hydrogens (tertiary/aromatic N) is 2. The summed E-state index contributed by atoms with van der Waals surface area (Å²) < 4.78 is 10.7. The van der Waals surface area contributed by atoms with E-state index in [2.05, 4.69) is 4.98 Å². The van der Waals surface area contributed by atoms with Crippen molar-refractivity contribution in [3.05, 3.63) is 53.3 Å². The lowest BCUT2D eigenvalue weighted by Crippen LogP contribution is -2.42. The van der Waals surface area contributed by atoms with E-state index in [1.54, 1.807) is 20.3 Å². The Morgan fingerprint density at radius 3 is 1.95 bits per heavy atom. The number of hydrogen-bond donors (Lipinski definition) is 2. The van der Waals surface area contributed by atoms with Gasteiger partial charge >= 0.3 is 0 Å². The molecule has 1 aliphatic heterocycles. The van der Waals surface area contributed by atoms with Gasteiger partial charge in [-0.15, -0.1) is 12.4 Å². The van der Waals surface area contributed by atoms with E-state index in [0.29, 0.717) is 42.2 Å². The van der Waals surface area contributed by atoms with Crippen molar-refractivity contribution in [2.45, 2.75) is 154 Å². The molecule has 10 nitrogen and oxygen atoms in total. The lowest BCUT2D eigenvalue weighted by atomic mass is 9.67. The lowest BCUT2D eigenvalue weighted by Gasteiger charge is -2.36. The van der Waals surface area contributed by atoms with Crippen molar-refractivity contribution in [3.8, 4) is 11.5 Å². The first-order chi connectivity index (χ1) is 26.9. The van der Waals surface area contributed by atoms with Gasteiger partial charge in [-0.25, -0.2) is 0 Å². The molecule has 1 amide bonds. The number of pyridine rings is 1. The Morgan fingerprint density at radius 1 is 0.772 bits per heavy atom.